The van der Waals surface area contributed by atoms with Crippen LogP contribution in [0.5, 0.6) is 0 Å². The first-order valence-electron chi connectivity index (χ1n) is 6.04. The normalized spacial score (nSPS) is 16.1. The highest BCUT2D eigenvalue weighted by atomic mass is 31.2. The molecule has 0 atom stereocenters. The molecule has 0 spiro atoms. The van der Waals surface area contributed by atoms with Crippen LogP contribution in [-0.2, 0) is 23.1 Å². The minimum Gasteiger partial charge on any atom is -0.496 e. The van der Waals surface area contributed by atoms with Gasteiger partial charge in [-0.15, -0.1) is 0 Å². The van der Waals surface area contributed by atoms with Crippen molar-refractivity contribution in [2.24, 2.45) is 0 Å². The second kappa shape index (κ2) is 10.0. The lowest BCUT2D eigenvalue weighted by Crippen LogP contribution is -2.06. The SMILES string of the molecule is CC=C(C)OCCOP(=O)(O)OCCOC(C)=CC. The fraction of sp³-hybridized carbons (Fsp3) is 0.667. The Morgan fingerprint density at radius 3 is 1.63 bits per heavy atom. The minimum atomic E-state index is -4.03. The molecule has 0 bridgehead atoms. The average Bonchev–Trinajstić information content (AvgIpc) is 2.39. The van der Waals surface area contributed by atoms with E-state index in [0.717, 1.165) is 11.5 Å². The molecule has 0 aromatic rings. The summed E-state index contributed by atoms with van der Waals surface area (Å²) in [7, 11) is -4.03. The van der Waals surface area contributed by atoms with Gasteiger partial charge in [0.15, 0.2) is 0 Å². The predicted octanol–water partition coefficient (Wildman–Crippen LogP) is 3.00. The summed E-state index contributed by atoms with van der Waals surface area (Å²) in [6, 6.07) is 0. The van der Waals surface area contributed by atoms with Gasteiger partial charge in [-0.1, -0.05) is 12.2 Å². The van der Waals surface area contributed by atoms with Gasteiger partial charge in [-0.05, 0) is 27.7 Å². The minimum absolute atomic E-state index is 0.0201. The summed E-state index contributed by atoms with van der Waals surface area (Å²) in [4.78, 5) is 9.33. The molecule has 0 aliphatic heterocycles. The molecule has 0 aromatic heterocycles. The topological polar surface area (TPSA) is 74.2 Å². The first-order chi connectivity index (χ1) is 8.91. The van der Waals surface area contributed by atoms with Gasteiger partial charge in [0, 0.05) is 0 Å². The van der Waals surface area contributed by atoms with Gasteiger partial charge in [0.1, 0.15) is 13.2 Å². The highest BCUT2D eigenvalue weighted by Crippen LogP contribution is 2.42. The van der Waals surface area contributed by atoms with Crippen molar-refractivity contribution in [2.75, 3.05) is 26.4 Å². The van der Waals surface area contributed by atoms with Gasteiger partial charge in [0.2, 0.25) is 0 Å². The summed E-state index contributed by atoms with van der Waals surface area (Å²) < 4.78 is 31.2. The second-order valence-electron chi connectivity index (χ2n) is 3.63. The van der Waals surface area contributed by atoms with Crippen LogP contribution >= 0.6 is 7.82 Å². The second-order valence-corrected chi connectivity index (χ2v) is 5.08. The molecule has 6 nitrogen and oxygen atoms in total. The Bertz CT molecular complexity index is 320. The maximum Gasteiger partial charge on any atom is 0.472 e. The van der Waals surface area contributed by atoms with E-state index in [1.165, 1.54) is 0 Å². The van der Waals surface area contributed by atoms with E-state index in [4.69, 9.17) is 18.5 Å². The third-order valence-electron chi connectivity index (χ3n) is 2.15. The molecule has 112 valence electrons. The number of allylic oxidation sites excluding steroid dienone is 4. The zero-order valence-electron chi connectivity index (χ0n) is 11.9. The van der Waals surface area contributed by atoms with E-state index >= 15 is 0 Å². The van der Waals surface area contributed by atoms with Crippen LogP contribution in [0, 0.1) is 0 Å². The summed E-state index contributed by atoms with van der Waals surface area (Å²) in [5, 5.41) is 0. The van der Waals surface area contributed by atoms with Gasteiger partial charge in [-0.25, -0.2) is 4.57 Å². The van der Waals surface area contributed by atoms with Crippen LogP contribution in [0.2, 0.25) is 0 Å². The zero-order valence-corrected chi connectivity index (χ0v) is 12.8. The molecule has 0 unspecified atom stereocenters. The van der Waals surface area contributed by atoms with Crippen molar-refractivity contribution in [1.82, 2.24) is 0 Å². The Morgan fingerprint density at radius 1 is 0.947 bits per heavy atom. The van der Waals surface area contributed by atoms with Crippen LogP contribution < -0.4 is 0 Å². The maximum atomic E-state index is 11.4. The standard InChI is InChI=1S/C12H23O6P/c1-5-11(3)15-7-9-17-19(13,14)18-10-8-16-12(4)6-2/h5-6H,7-10H2,1-4H3,(H,13,14). The van der Waals surface area contributed by atoms with Crippen LogP contribution in [0.3, 0.4) is 0 Å². The molecule has 0 aliphatic carbocycles. The van der Waals surface area contributed by atoms with Crippen LogP contribution in [-0.4, -0.2) is 31.3 Å². The fourth-order valence-electron chi connectivity index (χ4n) is 0.914. The van der Waals surface area contributed by atoms with E-state index in [0.29, 0.717) is 0 Å². The Hall–Kier alpha value is -0.810. The van der Waals surface area contributed by atoms with E-state index in [-0.39, 0.29) is 26.4 Å². The van der Waals surface area contributed by atoms with Crippen LogP contribution in [0.25, 0.3) is 0 Å². The fourth-order valence-corrected chi connectivity index (χ4v) is 1.60. The Morgan fingerprint density at radius 2 is 1.32 bits per heavy atom. The van der Waals surface area contributed by atoms with E-state index in [2.05, 4.69) is 0 Å². The summed E-state index contributed by atoms with van der Waals surface area (Å²) in [5.41, 5.74) is 0. The molecule has 0 heterocycles. The summed E-state index contributed by atoms with van der Waals surface area (Å²) in [5.74, 6) is 1.46. The Balaban J connectivity index is 3.72. The number of hydrogen-bond donors (Lipinski definition) is 1. The number of hydrogen-bond acceptors (Lipinski definition) is 5. The summed E-state index contributed by atoms with van der Waals surface area (Å²) in [6.45, 7) is 7.59. The monoisotopic (exact) mass is 294 g/mol. The first kappa shape index (κ1) is 18.2. The molecular weight excluding hydrogens is 271 g/mol. The van der Waals surface area contributed by atoms with Gasteiger partial charge in [-0.2, -0.15) is 0 Å². The Labute approximate surface area is 114 Å². The van der Waals surface area contributed by atoms with E-state index in [1.54, 1.807) is 26.0 Å². The predicted molar refractivity (Wildman–Crippen MR) is 72.5 cm³/mol. The van der Waals surface area contributed by atoms with Gasteiger partial charge < -0.3 is 14.4 Å². The molecule has 0 aliphatic rings. The molecule has 0 amide bonds. The molecular formula is C12H23O6P. The zero-order chi connectivity index (χ0) is 14.7. The van der Waals surface area contributed by atoms with Crippen molar-refractivity contribution < 1.29 is 28.0 Å². The molecule has 0 saturated heterocycles. The first-order valence-corrected chi connectivity index (χ1v) is 7.54. The highest BCUT2D eigenvalue weighted by molar-refractivity contribution is 7.47. The van der Waals surface area contributed by atoms with E-state index in [1.807, 2.05) is 13.8 Å². The third kappa shape index (κ3) is 10.8. The average molecular weight is 294 g/mol. The quantitative estimate of drug-likeness (QED) is 0.379. The van der Waals surface area contributed by atoms with Crippen molar-refractivity contribution in [3.8, 4) is 0 Å². The van der Waals surface area contributed by atoms with Crippen molar-refractivity contribution in [3.05, 3.63) is 23.7 Å². The van der Waals surface area contributed by atoms with Crippen LogP contribution in [0.4, 0.5) is 0 Å². The lowest BCUT2D eigenvalue weighted by Gasteiger charge is -2.13. The molecule has 0 radical (unpaired) electrons. The van der Waals surface area contributed by atoms with E-state index in [9.17, 15) is 9.46 Å². The molecule has 1 N–H and O–H groups in total. The van der Waals surface area contributed by atoms with E-state index < -0.39 is 7.82 Å². The number of phosphoric acid groups is 1. The van der Waals surface area contributed by atoms with Gasteiger partial charge in [0.25, 0.3) is 0 Å². The number of phosphoric ester groups is 1. The van der Waals surface area contributed by atoms with Crippen molar-refractivity contribution in [2.45, 2.75) is 27.7 Å². The molecule has 0 saturated carbocycles. The maximum absolute atomic E-state index is 11.4. The molecule has 19 heavy (non-hydrogen) atoms. The lowest BCUT2D eigenvalue weighted by atomic mass is 10.5. The molecule has 7 heteroatoms. The summed E-state index contributed by atoms with van der Waals surface area (Å²) >= 11 is 0. The highest BCUT2D eigenvalue weighted by Gasteiger charge is 2.20. The third-order valence-corrected chi connectivity index (χ3v) is 3.17. The van der Waals surface area contributed by atoms with Crippen LogP contribution in [0.15, 0.2) is 23.7 Å². The Kier molecular flexibility index (Phi) is 9.61. The molecule has 0 rings (SSSR count). The lowest BCUT2D eigenvalue weighted by molar-refractivity contribution is 0.0890. The van der Waals surface area contributed by atoms with Gasteiger partial charge in [-0.3, -0.25) is 9.05 Å². The smallest absolute Gasteiger partial charge is 0.472 e. The number of rotatable bonds is 10. The van der Waals surface area contributed by atoms with Crippen molar-refractivity contribution >= 4 is 7.82 Å². The number of ether oxygens (including phenoxy) is 2. The molecule has 0 fully saturated rings. The van der Waals surface area contributed by atoms with Gasteiger partial charge in [0.05, 0.1) is 24.7 Å². The largest absolute Gasteiger partial charge is 0.496 e. The van der Waals surface area contributed by atoms with Crippen molar-refractivity contribution in [3.63, 3.8) is 0 Å². The van der Waals surface area contributed by atoms with Gasteiger partial charge >= 0.3 is 7.82 Å². The van der Waals surface area contributed by atoms with Crippen molar-refractivity contribution in [1.29, 1.82) is 0 Å². The molecule has 0 aromatic carbocycles. The van der Waals surface area contributed by atoms with Crippen LogP contribution in [0.1, 0.15) is 27.7 Å². The summed E-state index contributed by atoms with van der Waals surface area (Å²) in [6.07, 6.45) is 3.58.